The molecule has 0 bridgehead atoms. The number of aromatic nitrogens is 3. The highest BCUT2D eigenvalue weighted by Gasteiger charge is 2.13. The molecule has 2 aromatic carbocycles. The maximum Gasteiger partial charge on any atom is 0.345 e. The van der Waals surface area contributed by atoms with E-state index in [-0.39, 0.29) is 24.6 Å². The van der Waals surface area contributed by atoms with Gasteiger partial charge in [0.2, 0.25) is 0 Å². The lowest BCUT2D eigenvalue weighted by Gasteiger charge is -2.11. The molecule has 0 saturated heterocycles. The van der Waals surface area contributed by atoms with Crippen molar-refractivity contribution in [3.05, 3.63) is 63.8 Å². The molecule has 2 amide bonds. The Morgan fingerprint density at radius 3 is 2.66 bits per heavy atom. The Morgan fingerprint density at radius 2 is 1.97 bits per heavy atom. The minimum absolute atomic E-state index is 0.161. The normalized spacial score (nSPS) is 10.6. The molecular weight excluding hydrogens is 401 g/mol. The fourth-order valence-corrected chi connectivity index (χ4v) is 2.88. The number of methoxy groups -OCH3 is 1. The molecule has 3 aromatic rings. The number of anilines is 1. The molecule has 10 heteroatoms. The molecule has 0 saturated carbocycles. The van der Waals surface area contributed by atoms with Gasteiger partial charge in [0.05, 0.1) is 19.3 Å². The lowest BCUT2D eigenvalue weighted by atomic mass is 10.2. The molecule has 0 aliphatic heterocycles. The number of amides is 2. The molecule has 0 aliphatic carbocycles. The fourth-order valence-electron chi connectivity index (χ4n) is 2.70. The Bertz CT molecular complexity index is 1080. The van der Waals surface area contributed by atoms with Crippen molar-refractivity contribution in [1.29, 1.82) is 0 Å². The first kappa shape index (κ1) is 20.4. The van der Waals surface area contributed by atoms with E-state index in [2.05, 4.69) is 15.7 Å². The SMILES string of the molecule is COc1ccc(Cl)cc1NC(=O)NCCn1nc(-c2ccc(F)cc2)n(C)c1=O. The summed E-state index contributed by atoms with van der Waals surface area (Å²) in [5.74, 6) is 0.502. The third-order valence-electron chi connectivity index (χ3n) is 4.16. The minimum atomic E-state index is -0.478. The van der Waals surface area contributed by atoms with Crippen molar-refractivity contribution in [2.24, 2.45) is 7.05 Å². The van der Waals surface area contributed by atoms with Crippen molar-refractivity contribution < 1.29 is 13.9 Å². The van der Waals surface area contributed by atoms with E-state index in [0.717, 1.165) is 0 Å². The number of ether oxygens (including phenoxy) is 1. The number of urea groups is 1. The molecule has 2 N–H and O–H groups in total. The summed E-state index contributed by atoms with van der Waals surface area (Å²) in [6, 6.07) is 10.1. The predicted molar refractivity (Wildman–Crippen MR) is 108 cm³/mol. The number of hydrogen-bond donors (Lipinski definition) is 2. The van der Waals surface area contributed by atoms with Crippen molar-refractivity contribution in [3.63, 3.8) is 0 Å². The van der Waals surface area contributed by atoms with Crippen molar-refractivity contribution in [2.45, 2.75) is 6.54 Å². The standard InChI is InChI=1S/C19H19ClFN5O3/c1-25-17(12-3-6-14(21)7-4-12)24-26(19(25)28)10-9-22-18(27)23-15-11-13(20)5-8-16(15)29-2/h3-8,11H,9-10H2,1-2H3,(H2,22,23,27). The highest BCUT2D eigenvalue weighted by molar-refractivity contribution is 6.31. The zero-order valence-corrected chi connectivity index (χ0v) is 16.5. The highest BCUT2D eigenvalue weighted by atomic mass is 35.5. The summed E-state index contributed by atoms with van der Waals surface area (Å²) in [4.78, 5) is 24.5. The molecule has 152 valence electrons. The molecule has 0 spiro atoms. The Labute approximate surface area is 170 Å². The maximum absolute atomic E-state index is 13.1. The van der Waals surface area contributed by atoms with E-state index >= 15 is 0 Å². The van der Waals surface area contributed by atoms with Gasteiger partial charge in [-0.05, 0) is 42.5 Å². The van der Waals surface area contributed by atoms with Gasteiger partial charge < -0.3 is 15.4 Å². The summed E-state index contributed by atoms with van der Waals surface area (Å²) < 4.78 is 20.9. The van der Waals surface area contributed by atoms with Gasteiger partial charge in [-0.1, -0.05) is 11.6 Å². The summed E-state index contributed by atoms with van der Waals surface area (Å²) in [6.45, 7) is 0.322. The second kappa shape index (κ2) is 8.78. The van der Waals surface area contributed by atoms with Crippen LogP contribution in [0.1, 0.15) is 0 Å². The van der Waals surface area contributed by atoms with E-state index in [4.69, 9.17) is 16.3 Å². The molecule has 0 aliphatic rings. The summed E-state index contributed by atoms with van der Waals surface area (Å²) >= 11 is 5.94. The van der Waals surface area contributed by atoms with E-state index < -0.39 is 6.03 Å². The number of benzene rings is 2. The van der Waals surface area contributed by atoms with Crippen molar-refractivity contribution >= 4 is 23.3 Å². The average Bonchev–Trinajstić information content (AvgIpc) is 2.97. The fraction of sp³-hybridized carbons (Fsp3) is 0.211. The molecular formula is C19H19ClFN5O3. The maximum atomic E-state index is 13.1. The third kappa shape index (κ3) is 4.75. The van der Waals surface area contributed by atoms with Crippen LogP contribution in [0.2, 0.25) is 5.02 Å². The molecule has 1 heterocycles. The van der Waals surface area contributed by atoms with E-state index in [1.807, 2.05) is 0 Å². The number of hydrogen-bond acceptors (Lipinski definition) is 4. The quantitative estimate of drug-likeness (QED) is 0.642. The largest absolute Gasteiger partial charge is 0.495 e. The second-order valence-electron chi connectivity index (χ2n) is 6.12. The van der Waals surface area contributed by atoms with Crippen LogP contribution in [-0.4, -0.2) is 34.0 Å². The van der Waals surface area contributed by atoms with Crippen molar-refractivity contribution in [1.82, 2.24) is 19.7 Å². The van der Waals surface area contributed by atoms with Gasteiger partial charge in [0.25, 0.3) is 0 Å². The number of carbonyl (C=O) groups excluding carboxylic acids is 1. The van der Waals surface area contributed by atoms with E-state index in [1.54, 1.807) is 37.4 Å². The number of nitrogens with one attached hydrogen (secondary N) is 2. The van der Waals surface area contributed by atoms with Crippen LogP contribution >= 0.6 is 11.6 Å². The monoisotopic (exact) mass is 419 g/mol. The van der Waals surface area contributed by atoms with Gasteiger partial charge in [-0.2, -0.15) is 0 Å². The van der Waals surface area contributed by atoms with Gasteiger partial charge in [0, 0.05) is 24.2 Å². The van der Waals surface area contributed by atoms with Crippen LogP contribution in [0.3, 0.4) is 0 Å². The Morgan fingerprint density at radius 1 is 1.24 bits per heavy atom. The molecule has 0 atom stereocenters. The van der Waals surface area contributed by atoms with E-state index in [0.29, 0.717) is 27.8 Å². The molecule has 29 heavy (non-hydrogen) atoms. The Hall–Kier alpha value is -3.33. The lowest BCUT2D eigenvalue weighted by molar-refractivity contribution is 0.251. The number of rotatable bonds is 6. The zero-order valence-electron chi connectivity index (χ0n) is 15.8. The van der Waals surface area contributed by atoms with Gasteiger partial charge >= 0.3 is 11.7 Å². The first-order valence-corrected chi connectivity index (χ1v) is 9.05. The van der Waals surface area contributed by atoms with Crippen LogP contribution in [0.5, 0.6) is 5.75 Å². The predicted octanol–water partition coefficient (Wildman–Crippen LogP) is 2.87. The first-order chi connectivity index (χ1) is 13.9. The van der Waals surface area contributed by atoms with Crippen LogP contribution in [0.25, 0.3) is 11.4 Å². The Balaban J connectivity index is 1.63. The number of carbonyl (C=O) groups is 1. The summed E-state index contributed by atoms with van der Waals surface area (Å²) in [5, 5.41) is 10.0. The topological polar surface area (TPSA) is 90.2 Å². The van der Waals surface area contributed by atoms with Crippen molar-refractivity contribution in [3.8, 4) is 17.1 Å². The van der Waals surface area contributed by atoms with Gasteiger partial charge in [0.15, 0.2) is 5.82 Å². The third-order valence-corrected chi connectivity index (χ3v) is 4.40. The molecule has 1 aromatic heterocycles. The molecule has 8 nitrogen and oxygen atoms in total. The highest BCUT2D eigenvalue weighted by Crippen LogP contribution is 2.27. The summed E-state index contributed by atoms with van der Waals surface area (Å²) in [7, 11) is 3.06. The van der Waals surface area contributed by atoms with Crippen LogP contribution < -0.4 is 21.1 Å². The summed E-state index contributed by atoms with van der Waals surface area (Å²) in [6.07, 6.45) is 0. The number of nitrogens with zero attached hydrogens (tertiary/aromatic N) is 3. The van der Waals surface area contributed by atoms with Gasteiger partial charge in [-0.15, -0.1) is 5.10 Å². The smallest absolute Gasteiger partial charge is 0.345 e. The number of halogens is 2. The first-order valence-electron chi connectivity index (χ1n) is 8.67. The Kier molecular flexibility index (Phi) is 6.18. The van der Waals surface area contributed by atoms with Crippen molar-refractivity contribution in [2.75, 3.05) is 19.0 Å². The second-order valence-corrected chi connectivity index (χ2v) is 6.56. The van der Waals surface area contributed by atoms with Crippen LogP contribution in [0, 0.1) is 5.82 Å². The minimum Gasteiger partial charge on any atom is -0.495 e. The molecule has 0 fully saturated rings. The molecule has 0 radical (unpaired) electrons. The van der Waals surface area contributed by atoms with Crippen LogP contribution in [-0.2, 0) is 13.6 Å². The summed E-state index contributed by atoms with van der Waals surface area (Å²) in [5.41, 5.74) is 0.692. The van der Waals surface area contributed by atoms with Gasteiger partial charge in [0.1, 0.15) is 11.6 Å². The van der Waals surface area contributed by atoms with Gasteiger partial charge in [-0.3, -0.25) is 4.57 Å². The van der Waals surface area contributed by atoms with Gasteiger partial charge in [-0.25, -0.2) is 18.7 Å². The van der Waals surface area contributed by atoms with Crippen LogP contribution in [0.4, 0.5) is 14.9 Å². The van der Waals surface area contributed by atoms with E-state index in [9.17, 15) is 14.0 Å². The lowest BCUT2D eigenvalue weighted by Crippen LogP contribution is -2.34. The molecule has 0 unspecified atom stereocenters. The van der Waals surface area contributed by atoms with E-state index in [1.165, 1.54) is 28.5 Å². The molecule has 3 rings (SSSR count). The zero-order chi connectivity index (χ0) is 21.0. The van der Waals surface area contributed by atoms with Crippen LogP contribution in [0.15, 0.2) is 47.3 Å². The average molecular weight is 420 g/mol.